The summed E-state index contributed by atoms with van der Waals surface area (Å²) in [4.78, 5) is 7.02. The molecule has 0 amide bonds. The first-order valence-electron chi connectivity index (χ1n) is 9.15. The summed E-state index contributed by atoms with van der Waals surface area (Å²) in [5, 5.41) is 1.18. The summed E-state index contributed by atoms with van der Waals surface area (Å²) in [5.41, 5.74) is 3.65. The van der Waals surface area contributed by atoms with Crippen LogP contribution in [0.1, 0.15) is 11.3 Å². The molecule has 2 aromatic carbocycles. The Bertz CT molecular complexity index is 1000. The van der Waals surface area contributed by atoms with Gasteiger partial charge in [0.15, 0.2) is 0 Å². The molecule has 29 heavy (non-hydrogen) atoms. The van der Waals surface area contributed by atoms with E-state index in [-0.39, 0.29) is 12.4 Å². The van der Waals surface area contributed by atoms with Crippen LogP contribution in [0.3, 0.4) is 0 Å². The first-order chi connectivity index (χ1) is 13.5. The average molecular weight is 487 g/mol. The van der Waals surface area contributed by atoms with Gasteiger partial charge in [0.1, 0.15) is 0 Å². The Balaban J connectivity index is 0.00000240. The van der Waals surface area contributed by atoms with E-state index < -0.39 is 0 Å². The van der Waals surface area contributed by atoms with Gasteiger partial charge >= 0.3 is 0 Å². The molecule has 1 aliphatic heterocycles. The van der Waals surface area contributed by atoms with E-state index in [2.05, 4.69) is 49.3 Å². The van der Waals surface area contributed by atoms with E-state index in [0.717, 1.165) is 30.0 Å². The van der Waals surface area contributed by atoms with Crippen molar-refractivity contribution in [3.05, 3.63) is 57.4 Å². The molecule has 1 aromatic heterocycles. The molecule has 0 unspecified atom stereocenters. The van der Waals surface area contributed by atoms with Gasteiger partial charge in [-0.3, -0.25) is 0 Å². The standard InChI is InChI=1S/C22H21Cl2NOS2.ClH/c1-25(2)8-5-9-26-13-14-10-16-15-6-3-4-7-20(15)28-21-12-19(24)18(23)11-17(21)22(16)27-14;/h3-4,6-7,10-12H,5,8-9,13H2,1-2H3;1H. The topological polar surface area (TPSA) is 12.5 Å². The maximum absolute atomic E-state index is 6.36. The molecule has 7 heteroatoms. The van der Waals surface area contributed by atoms with Crippen LogP contribution < -0.4 is 0 Å². The lowest BCUT2D eigenvalue weighted by atomic mass is 10.0. The Morgan fingerprint density at radius 3 is 2.48 bits per heavy atom. The molecule has 2 heterocycles. The van der Waals surface area contributed by atoms with Gasteiger partial charge in [-0.25, -0.2) is 0 Å². The highest BCUT2D eigenvalue weighted by molar-refractivity contribution is 7.99. The second-order valence-corrected chi connectivity index (χ2v) is 10.1. The van der Waals surface area contributed by atoms with Gasteiger partial charge < -0.3 is 9.64 Å². The predicted octanol–water partition coefficient (Wildman–Crippen LogP) is 7.74. The first-order valence-corrected chi connectivity index (χ1v) is 11.5. The van der Waals surface area contributed by atoms with Crippen molar-refractivity contribution in [3.63, 3.8) is 0 Å². The molecule has 0 radical (unpaired) electrons. The summed E-state index contributed by atoms with van der Waals surface area (Å²) in [6, 6.07) is 14.8. The molecule has 0 fully saturated rings. The van der Waals surface area contributed by atoms with Crippen LogP contribution in [0.5, 0.6) is 0 Å². The smallest absolute Gasteiger partial charge is 0.0809 e. The second kappa shape index (κ2) is 10.1. The molecule has 154 valence electrons. The average Bonchev–Trinajstić information content (AvgIpc) is 3.03. The zero-order valence-electron chi connectivity index (χ0n) is 16.2. The summed E-state index contributed by atoms with van der Waals surface area (Å²) in [6.45, 7) is 2.44. The van der Waals surface area contributed by atoms with E-state index >= 15 is 0 Å². The summed E-state index contributed by atoms with van der Waals surface area (Å²) in [5.74, 6) is 0. The Kier molecular flexibility index (Phi) is 7.96. The van der Waals surface area contributed by atoms with Crippen LogP contribution in [0.4, 0.5) is 0 Å². The molecular weight excluding hydrogens is 465 g/mol. The molecule has 0 N–H and O–H groups in total. The molecule has 3 aromatic rings. The monoisotopic (exact) mass is 485 g/mol. The Hall–Kier alpha value is -0.720. The molecule has 1 aliphatic rings. The van der Waals surface area contributed by atoms with Crippen LogP contribution in [0.25, 0.3) is 21.6 Å². The van der Waals surface area contributed by atoms with E-state index in [4.69, 9.17) is 27.9 Å². The zero-order valence-corrected chi connectivity index (χ0v) is 20.2. The first kappa shape index (κ1) is 23.0. The van der Waals surface area contributed by atoms with Crippen molar-refractivity contribution in [3.8, 4) is 21.6 Å². The van der Waals surface area contributed by atoms with Crippen molar-refractivity contribution >= 4 is 58.7 Å². The van der Waals surface area contributed by atoms with Crippen molar-refractivity contribution in [2.75, 3.05) is 27.2 Å². The van der Waals surface area contributed by atoms with Gasteiger partial charge in [0.05, 0.1) is 16.7 Å². The van der Waals surface area contributed by atoms with Crippen molar-refractivity contribution in [2.24, 2.45) is 0 Å². The predicted molar refractivity (Wildman–Crippen MR) is 129 cm³/mol. The van der Waals surface area contributed by atoms with Crippen LogP contribution >= 0.6 is 58.7 Å². The molecule has 2 nitrogen and oxygen atoms in total. The SMILES string of the molecule is CN(C)CCCOCc1cc2c(s1)-c1cc(Cl)c(Cl)cc1Sc1ccccc1-2.Cl. The largest absolute Gasteiger partial charge is 0.376 e. The fraction of sp³-hybridized carbons (Fsp3) is 0.273. The van der Waals surface area contributed by atoms with Crippen molar-refractivity contribution in [1.82, 2.24) is 4.90 Å². The number of nitrogens with zero attached hydrogens (tertiary/aromatic N) is 1. The van der Waals surface area contributed by atoms with Gasteiger partial charge in [0, 0.05) is 37.3 Å². The van der Waals surface area contributed by atoms with Gasteiger partial charge in [0.25, 0.3) is 0 Å². The van der Waals surface area contributed by atoms with Gasteiger partial charge in [0.2, 0.25) is 0 Å². The maximum Gasteiger partial charge on any atom is 0.0809 e. The Morgan fingerprint density at radius 2 is 1.69 bits per heavy atom. The van der Waals surface area contributed by atoms with E-state index in [1.807, 2.05) is 12.1 Å². The summed E-state index contributed by atoms with van der Waals surface area (Å²) in [7, 11) is 4.17. The van der Waals surface area contributed by atoms with Gasteiger partial charge in [-0.15, -0.1) is 23.7 Å². The minimum Gasteiger partial charge on any atom is -0.376 e. The van der Waals surface area contributed by atoms with Gasteiger partial charge in [-0.05, 0) is 56.9 Å². The molecular formula is C22H22Cl3NOS2. The van der Waals surface area contributed by atoms with Gasteiger partial charge in [-0.1, -0.05) is 53.2 Å². The number of thiophene rings is 1. The van der Waals surface area contributed by atoms with Crippen LogP contribution in [0.15, 0.2) is 52.3 Å². The van der Waals surface area contributed by atoms with E-state index in [1.54, 1.807) is 23.1 Å². The minimum atomic E-state index is 0. The maximum atomic E-state index is 6.36. The number of hydrogen-bond donors (Lipinski definition) is 0. The highest BCUT2D eigenvalue weighted by Crippen LogP contribution is 2.52. The highest BCUT2D eigenvalue weighted by Gasteiger charge is 2.23. The lowest BCUT2D eigenvalue weighted by molar-refractivity contribution is 0.115. The van der Waals surface area contributed by atoms with E-state index in [1.165, 1.54) is 25.8 Å². The van der Waals surface area contributed by atoms with Crippen molar-refractivity contribution in [2.45, 2.75) is 22.8 Å². The number of ether oxygens (including phenoxy) is 1. The van der Waals surface area contributed by atoms with E-state index in [9.17, 15) is 0 Å². The van der Waals surface area contributed by atoms with Crippen LogP contribution in [0.2, 0.25) is 10.0 Å². The number of halogens is 3. The third-order valence-corrected chi connectivity index (χ3v) is 7.58. The van der Waals surface area contributed by atoms with E-state index in [0.29, 0.717) is 16.7 Å². The summed E-state index contributed by atoms with van der Waals surface area (Å²) in [6.07, 6.45) is 1.04. The third-order valence-electron chi connectivity index (χ3n) is 4.59. The molecule has 4 rings (SSSR count). The lowest BCUT2D eigenvalue weighted by Gasteiger charge is -2.09. The molecule has 0 aliphatic carbocycles. The fourth-order valence-corrected chi connectivity index (χ4v) is 5.97. The molecule has 0 spiro atoms. The Labute approximate surface area is 196 Å². The van der Waals surface area contributed by atoms with Gasteiger partial charge in [-0.2, -0.15) is 0 Å². The summed E-state index contributed by atoms with van der Waals surface area (Å²) >= 11 is 16.2. The normalized spacial score (nSPS) is 12.0. The second-order valence-electron chi connectivity index (χ2n) is 7.03. The van der Waals surface area contributed by atoms with Crippen LogP contribution in [-0.2, 0) is 11.3 Å². The quantitative estimate of drug-likeness (QED) is 0.259. The highest BCUT2D eigenvalue weighted by atomic mass is 35.5. The number of rotatable bonds is 6. The Morgan fingerprint density at radius 1 is 0.931 bits per heavy atom. The molecule has 0 bridgehead atoms. The minimum absolute atomic E-state index is 0. The van der Waals surface area contributed by atoms with Crippen molar-refractivity contribution in [1.29, 1.82) is 0 Å². The summed E-state index contributed by atoms with van der Waals surface area (Å²) < 4.78 is 5.93. The van der Waals surface area contributed by atoms with Crippen LogP contribution in [-0.4, -0.2) is 32.1 Å². The molecule has 0 atom stereocenters. The third kappa shape index (κ3) is 5.13. The number of hydrogen-bond acceptors (Lipinski definition) is 4. The zero-order chi connectivity index (χ0) is 19.7. The number of benzene rings is 2. The fourth-order valence-electron chi connectivity index (χ4n) is 3.26. The van der Waals surface area contributed by atoms with Crippen LogP contribution in [0, 0.1) is 0 Å². The number of fused-ring (bicyclic) bond motifs is 5. The lowest BCUT2D eigenvalue weighted by Crippen LogP contribution is -2.14. The molecule has 0 saturated carbocycles. The molecule has 0 saturated heterocycles. The van der Waals surface area contributed by atoms with Crippen molar-refractivity contribution < 1.29 is 4.74 Å².